The number of aromatic nitrogens is 1. The molecule has 1 aromatic heterocycles. The summed E-state index contributed by atoms with van der Waals surface area (Å²) in [6.07, 6.45) is -0.910. The van der Waals surface area contributed by atoms with Gasteiger partial charge in [-0.25, -0.2) is 0 Å². The summed E-state index contributed by atoms with van der Waals surface area (Å²) >= 11 is 0. The molecule has 2 rings (SSSR count). The summed E-state index contributed by atoms with van der Waals surface area (Å²) in [5, 5.41) is 6.45. The number of rotatable bonds is 3. The van der Waals surface area contributed by atoms with Crippen LogP contribution in [0.15, 0.2) is 23.3 Å². The van der Waals surface area contributed by atoms with Crippen LogP contribution in [0.2, 0.25) is 0 Å². The van der Waals surface area contributed by atoms with Crippen LogP contribution in [0.3, 0.4) is 0 Å². The molecule has 4 N–H and O–H groups in total. The second-order valence-electron chi connectivity index (χ2n) is 5.58. The van der Waals surface area contributed by atoms with E-state index >= 15 is 0 Å². The molecule has 23 heavy (non-hydrogen) atoms. The van der Waals surface area contributed by atoms with Crippen molar-refractivity contribution in [1.82, 2.24) is 15.6 Å². The smallest absolute Gasteiger partial charge is 0.354 e. The van der Waals surface area contributed by atoms with Gasteiger partial charge in [0.05, 0.1) is 0 Å². The third-order valence-electron chi connectivity index (χ3n) is 3.94. The summed E-state index contributed by atoms with van der Waals surface area (Å²) in [6.45, 7) is 1.91. The first-order valence-corrected chi connectivity index (χ1v) is 7.64. The van der Waals surface area contributed by atoms with Gasteiger partial charge in [-0.1, -0.05) is 6.07 Å². The van der Waals surface area contributed by atoms with Crippen molar-refractivity contribution < 1.29 is 13.2 Å². The number of pyridine rings is 1. The lowest BCUT2D eigenvalue weighted by atomic mass is 9.98. The van der Waals surface area contributed by atoms with Crippen LogP contribution in [0.5, 0.6) is 0 Å². The molecule has 0 amide bonds. The maximum atomic E-state index is 12.5. The average Bonchev–Trinajstić information content (AvgIpc) is 2.81. The van der Waals surface area contributed by atoms with Gasteiger partial charge < -0.3 is 16.4 Å². The number of hydrogen-bond donors (Lipinski definition) is 3. The van der Waals surface area contributed by atoms with Gasteiger partial charge in [-0.05, 0) is 38.4 Å². The molecule has 0 spiro atoms. The van der Waals surface area contributed by atoms with Crippen molar-refractivity contribution >= 4 is 5.84 Å². The lowest BCUT2D eigenvalue weighted by Crippen LogP contribution is -2.38. The Morgan fingerprint density at radius 2 is 2.17 bits per heavy atom. The van der Waals surface area contributed by atoms with Gasteiger partial charge in [0.15, 0.2) is 0 Å². The van der Waals surface area contributed by atoms with Gasteiger partial charge in [-0.2, -0.15) is 13.2 Å². The fourth-order valence-electron chi connectivity index (χ4n) is 2.66. The molecule has 8 heteroatoms. The number of nitrogens with two attached hydrogens (primary N) is 1. The number of aliphatic imine (C=N–C) groups is 1. The second kappa shape index (κ2) is 7.74. The van der Waals surface area contributed by atoms with Gasteiger partial charge >= 0.3 is 6.18 Å². The zero-order valence-electron chi connectivity index (χ0n) is 13.0. The quantitative estimate of drug-likeness (QED) is 0.451. The van der Waals surface area contributed by atoms with Crippen molar-refractivity contribution in [2.75, 3.05) is 20.1 Å². The Morgan fingerprint density at radius 1 is 1.39 bits per heavy atom. The van der Waals surface area contributed by atoms with Crippen LogP contribution in [0.25, 0.3) is 0 Å². The topological polar surface area (TPSA) is 75.3 Å². The second-order valence-corrected chi connectivity index (χ2v) is 5.58. The molecule has 5 nitrogen and oxygen atoms in total. The van der Waals surface area contributed by atoms with Crippen molar-refractivity contribution in [3.8, 4) is 0 Å². The molecule has 1 fully saturated rings. The van der Waals surface area contributed by atoms with E-state index in [0.717, 1.165) is 50.5 Å². The Kier molecular flexibility index (Phi) is 5.95. The Hall–Kier alpha value is -1.67. The zero-order chi connectivity index (χ0) is 16.9. The third-order valence-corrected chi connectivity index (χ3v) is 3.94. The molecule has 0 aliphatic carbocycles. The molecule has 1 saturated heterocycles. The number of halogens is 3. The normalized spacial score (nSPS) is 21.6. The fraction of sp³-hybridized carbons (Fsp3) is 0.600. The molecule has 0 radical (unpaired) electrons. The molecule has 1 aliphatic rings. The predicted molar refractivity (Wildman–Crippen MR) is 82.9 cm³/mol. The number of alkyl halides is 3. The van der Waals surface area contributed by atoms with Crippen molar-refractivity contribution in [2.45, 2.75) is 31.6 Å². The van der Waals surface area contributed by atoms with E-state index in [9.17, 15) is 13.2 Å². The van der Waals surface area contributed by atoms with E-state index in [-0.39, 0.29) is 5.92 Å². The lowest BCUT2D eigenvalue weighted by Gasteiger charge is -2.22. The fourth-order valence-corrected chi connectivity index (χ4v) is 2.66. The van der Waals surface area contributed by atoms with Crippen LogP contribution in [0, 0.1) is 5.92 Å². The Bertz CT molecular complexity index is 519. The summed E-state index contributed by atoms with van der Waals surface area (Å²) in [5.41, 5.74) is 5.62. The minimum Gasteiger partial charge on any atom is -0.354 e. The van der Waals surface area contributed by atoms with Gasteiger partial charge in [0.25, 0.3) is 0 Å². The monoisotopic (exact) mass is 329 g/mol. The van der Waals surface area contributed by atoms with Crippen molar-refractivity contribution in [2.24, 2.45) is 16.6 Å². The third kappa shape index (κ3) is 4.90. The average molecular weight is 329 g/mol. The number of hydrogen-bond acceptors (Lipinski definition) is 4. The van der Waals surface area contributed by atoms with Crippen molar-refractivity contribution in [3.05, 3.63) is 29.6 Å². The number of amidine groups is 1. The van der Waals surface area contributed by atoms with Crippen LogP contribution in [0.4, 0.5) is 13.2 Å². The standard InChI is InChI=1S/C15H22F3N5/c1-20-14(10-3-2-7-21-8-6-10)23-13(19)11-4-5-12(22-9-11)15(16,17)18/h4-5,9-10,13,21H,2-3,6-8,19H2,1H3,(H,20,23). The Labute approximate surface area is 133 Å². The van der Waals surface area contributed by atoms with Crippen LogP contribution in [-0.2, 0) is 6.18 Å². The molecule has 0 bridgehead atoms. The van der Waals surface area contributed by atoms with E-state index < -0.39 is 18.0 Å². The highest BCUT2D eigenvalue weighted by molar-refractivity contribution is 5.84. The molecule has 1 aromatic rings. The van der Waals surface area contributed by atoms with Crippen LogP contribution < -0.4 is 16.4 Å². The first-order chi connectivity index (χ1) is 10.9. The molecule has 1 aliphatic heterocycles. The largest absolute Gasteiger partial charge is 0.433 e. The highest BCUT2D eigenvalue weighted by atomic mass is 19.4. The Morgan fingerprint density at radius 3 is 2.78 bits per heavy atom. The molecule has 2 heterocycles. The lowest BCUT2D eigenvalue weighted by molar-refractivity contribution is -0.141. The highest BCUT2D eigenvalue weighted by Crippen LogP contribution is 2.27. The van der Waals surface area contributed by atoms with Crippen molar-refractivity contribution in [3.63, 3.8) is 0 Å². The molecular weight excluding hydrogens is 307 g/mol. The minimum absolute atomic E-state index is 0.281. The minimum atomic E-state index is -4.45. The summed E-state index contributed by atoms with van der Waals surface area (Å²) in [4.78, 5) is 7.71. The van der Waals surface area contributed by atoms with E-state index in [1.807, 2.05) is 0 Å². The van der Waals surface area contributed by atoms with Gasteiger partial charge in [-0.15, -0.1) is 0 Å². The molecule has 2 unspecified atom stereocenters. The van der Waals surface area contributed by atoms with Gasteiger partial charge in [-0.3, -0.25) is 9.98 Å². The van der Waals surface area contributed by atoms with E-state index in [0.29, 0.717) is 5.56 Å². The van der Waals surface area contributed by atoms with E-state index in [2.05, 4.69) is 20.6 Å². The van der Waals surface area contributed by atoms with Gasteiger partial charge in [0, 0.05) is 24.7 Å². The number of nitrogens with zero attached hydrogens (tertiary/aromatic N) is 2. The molecule has 2 atom stereocenters. The summed E-state index contributed by atoms with van der Waals surface area (Å²) < 4.78 is 37.6. The zero-order valence-corrected chi connectivity index (χ0v) is 13.0. The van der Waals surface area contributed by atoms with Gasteiger partial charge in [0.1, 0.15) is 17.7 Å². The first-order valence-electron chi connectivity index (χ1n) is 7.64. The first kappa shape index (κ1) is 17.7. The molecule has 128 valence electrons. The molecule has 0 aromatic carbocycles. The molecule has 0 saturated carbocycles. The van der Waals surface area contributed by atoms with Crippen LogP contribution in [-0.4, -0.2) is 31.0 Å². The SMILES string of the molecule is CN=C(NC(N)c1ccc(C(F)(F)F)nc1)C1CCCNCC1. The maximum absolute atomic E-state index is 12.5. The highest BCUT2D eigenvalue weighted by Gasteiger charge is 2.32. The predicted octanol–water partition coefficient (Wildman–Crippen LogP) is 2.07. The van der Waals surface area contributed by atoms with E-state index in [4.69, 9.17) is 5.73 Å². The van der Waals surface area contributed by atoms with Gasteiger partial charge in [0.2, 0.25) is 0 Å². The van der Waals surface area contributed by atoms with Crippen molar-refractivity contribution in [1.29, 1.82) is 0 Å². The summed E-state index contributed by atoms with van der Waals surface area (Å²) in [7, 11) is 1.69. The van der Waals surface area contributed by atoms with Crippen LogP contribution >= 0.6 is 0 Å². The summed E-state index contributed by atoms with van der Waals surface area (Å²) in [6, 6.07) is 2.28. The van der Waals surface area contributed by atoms with E-state index in [1.54, 1.807) is 7.05 Å². The van der Waals surface area contributed by atoms with E-state index in [1.165, 1.54) is 6.07 Å². The molecular formula is C15H22F3N5. The summed E-state index contributed by atoms with van der Waals surface area (Å²) in [5.74, 6) is 1.07. The maximum Gasteiger partial charge on any atom is 0.433 e. The van der Waals surface area contributed by atoms with Crippen LogP contribution in [0.1, 0.15) is 36.7 Å². The number of nitrogens with one attached hydrogen (secondary N) is 2. The Balaban J connectivity index is 2.03.